The maximum absolute atomic E-state index is 5.79. The van der Waals surface area contributed by atoms with Gasteiger partial charge in [-0.05, 0) is 61.7 Å². The van der Waals surface area contributed by atoms with E-state index in [1.165, 1.54) is 16.7 Å². The summed E-state index contributed by atoms with van der Waals surface area (Å²) < 4.78 is 5.79. The highest BCUT2D eigenvalue weighted by Crippen LogP contribution is 2.26. The number of hydrogen-bond donors (Lipinski definition) is 0. The Kier molecular flexibility index (Phi) is 2.44. The molecular weight excluding hydrogens is 222 g/mol. The second-order valence-corrected chi connectivity index (χ2v) is 4.79. The summed E-state index contributed by atoms with van der Waals surface area (Å²) in [5.74, 6) is 0.693. The molecule has 0 atom stereocenters. The van der Waals surface area contributed by atoms with Crippen molar-refractivity contribution < 1.29 is 4.42 Å². The van der Waals surface area contributed by atoms with Crippen molar-refractivity contribution in [1.29, 1.82) is 0 Å². The van der Waals surface area contributed by atoms with Gasteiger partial charge in [-0.1, -0.05) is 12.1 Å². The normalized spacial score (nSPS) is 11.1. The summed E-state index contributed by atoms with van der Waals surface area (Å²) in [4.78, 5) is 4.55. The van der Waals surface area contributed by atoms with Crippen LogP contribution in [0.3, 0.4) is 0 Å². The summed E-state index contributed by atoms with van der Waals surface area (Å²) in [5, 5.41) is 0. The van der Waals surface area contributed by atoms with Crippen molar-refractivity contribution in [3.05, 3.63) is 53.1 Å². The van der Waals surface area contributed by atoms with Gasteiger partial charge in [0, 0.05) is 5.56 Å². The quantitative estimate of drug-likeness (QED) is 0.626. The van der Waals surface area contributed by atoms with Gasteiger partial charge < -0.3 is 4.42 Å². The highest BCUT2D eigenvalue weighted by molar-refractivity contribution is 5.77. The number of fused-ring (bicyclic) bond motifs is 1. The molecule has 0 bridgehead atoms. The van der Waals surface area contributed by atoms with Gasteiger partial charge in [0.05, 0.1) is 0 Å². The van der Waals surface area contributed by atoms with Gasteiger partial charge in [0.15, 0.2) is 5.58 Å². The molecule has 1 aromatic heterocycles. The number of rotatable bonds is 1. The second kappa shape index (κ2) is 3.98. The van der Waals surface area contributed by atoms with Crippen molar-refractivity contribution in [2.45, 2.75) is 20.8 Å². The van der Waals surface area contributed by atoms with Gasteiger partial charge in [-0.3, -0.25) is 0 Å². The fourth-order valence-electron chi connectivity index (χ4n) is 2.04. The zero-order chi connectivity index (χ0) is 12.7. The first-order valence-electron chi connectivity index (χ1n) is 6.08. The molecule has 0 aliphatic carbocycles. The Labute approximate surface area is 106 Å². The second-order valence-electron chi connectivity index (χ2n) is 4.79. The van der Waals surface area contributed by atoms with E-state index in [9.17, 15) is 0 Å². The Morgan fingerprint density at radius 1 is 0.889 bits per heavy atom. The fraction of sp³-hybridized carbons (Fsp3) is 0.188. The molecule has 2 aromatic carbocycles. The van der Waals surface area contributed by atoms with E-state index in [0.717, 1.165) is 16.7 Å². The monoisotopic (exact) mass is 237 g/mol. The van der Waals surface area contributed by atoms with Gasteiger partial charge in [-0.15, -0.1) is 0 Å². The predicted molar refractivity (Wildman–Crippen MR) is 73.7 cm³/mol. The van der Waals surface area contributed by atoms with Crippen molar-refractivity contribution in [3.8, 4) is 11.5 Å². The molecule has 0 fully saturated rings. The summed E-state index contributed by atoms with van der Waals surface area (Å²) in [7, 11) is 0. The van der Waals surface area contributed by atoms with E-state index in [1.54, 1.807) is 0 Å². The number of aromatic nitrogens is 1. The maximum Gasteiger partial charge on any atom is 0.227 e. The first kappa shape index (κ1) is 11.0. The molecule has 90 valence electrons. The summed E-state index contributed by atoms with van der Waals surface area (Å²) >= 11 is 0. The van der Waals surface area contributed by atoms with Crippen LogP contribution in [-0.4, -0.2) is 4.98 Å². The van der Waals surface area contributed by atoms with Gasteiger partial charge in [0.1, 0.15) is 5.52 Å². The van der Waals surface area contributed by atoms with Crippen molar-refractivity contribution in [1.82, 2.24) is 4.98 Å². The highest BCUT2D eigenvalue weighted by Gasteiger charge is 2.08. The molecule has 2 heteroatoms. The smallest absolute Gasteiger partial charge is 0.227 e. The van der Waals surface area contributed by atoms with Gasteiger partial charge in [-0.2, -0.15) is 0 Å². The number of aryl methyl sites for hydroxylation is 3. The van der Waals surface area contributed by atoms with E-state index in [-0.39, 0.29) is 0 Å². The molecule has 2 nitrogen and oxygen atoms in total. The minimum atomic E-state index is 0.693. The molecule has 0 saturated heterocycles. The molecule has 0 N–H and O–H groups in total. The van der Waals surface area contributed by atoms with Crippen molar-refractivity contribution in [2.24, 2.45) is 0 Å². The Morgan fingerprint density at radius 3 is 2.50 bits per heavy atom. The SMILES string of the molecule is Cc1ccc2oc(-c3ccc(C)c(C)c3)nc2c1. The van der Waals surface area contributed by atoms with Crippen LogP contribution in [0.5, 0.6) is 0 Å². The summed E-state index contributed by atoms with van der Waals surface area (Å²) in [6.07, 6.45) is 0. The lowest BCUT2D eigenvalue weighted by molar-refractivity contribution is 0.619. The maximum atomic E-state index is 5.79. The first-order valence-corrected chi connectivity index (χ1v) is 6.08. The topological polar surface area (TPSA) is 26.0 Å². The van der Waals surface area contributed by atoms with Crippen LogP contribution in [0.25, 0.3) is 22.6 Å². The molecule has 1 heterocycles. The molecule has 0 spiro atoms. The van der Waals surface area contributed by atoms with Crippen LogP contribution in [-0.2, 0) is 0 Å². The lowest BCUT2D eigenvalue weighted by Gasteiger charge is -2.01. The lowest BCUT2D eigenvalue weighted by atomic mass is 10.1. The number of nitrogens with zero attached hydrogens (tertiary/aromatic N) is 1. The molecule has 0 aliphatic heterocycles. The fourth-order valence-corrected chi connectivity index (χ4v) is 2.04. The Morgan fingerprint density at radius 2 is 1.72 bits per heavy atom. The van der Waals surface area contributed by atoms with Crippen LogP contribution in [0.4, 0.5) is 0 Å². The van der Waals surface area contributed by atoms with E-state index in [0.29, 0.717) is 5.89 Å². The highest BCUT2D eigenvalue weighted by atomic mass is 16.3. The number of hydrogen-bond acceptors (Lipinski definition) is 2. The Bertz CT molecular complexity index is 725. The standard InChI is InChI=1S/C16H15NO/c1-10-4-7-15-14(8-10)17-16(18-15)13-6-5-11(2)12(3)9-13/h4-9H,1-3H3. The summed E-state index contributed by atoms with van der Waals surface area (Å²) in [5.41, 5.74) is 6.53. The number of oxazole rings is 1. The first-order chi connectivity index (χ1) is 8.63. The van der Waals surface area contributed by atoms with E-state index >= 15 is 0 Å². The molecule has 0 saturated carbocycles. The molecule has 3 aromatic rings. The van der Waals surface area contributed by atoms with E-state index in [1.807, 2.05) is 18.2 Å². The van der Waals surface area contributed by atoms with Crippen LogP contribution in [0, 0.1) is 20.8 Å². The van der Waals surface area contributed by atoms with Gasteiger partial charge in [0.25, 0.3) is 0 Å². The van der Waals surface area contributed by atoms with Crippen molar-refractivity contribution in [2.75, 3.05) is 0 Å². The molecule has 18 heavy (non-hydrogen) atoms. The number of benzene rings is 2. The third-order valence-corrected chi connectivity index (χ3v) is 3.30. The van der Waals surface area contributed by atoms with Gasteiger partial charge in [-0.25, -0.2) is 4.98 Å². The lowest BCUT2D eigenvalue weighted by Crippen LogP contribution is -1.83. The summed E-state index contributed by atoms with van der Waals surface area (Å²) in [6, 6.07) is 12.3. The zero-order valence-corrected chi connectivity index (χ0v) is 10.8. The Hall–Kier alpha value is -2.09. The van der Waals surface area contributed by atoms with E-state index in [2.05, 4.69) is 44.0 Å². The third kappa shape index (κ3) is 1.80. The minimum absolute atomic E-state index is 0.693. The predicted octanol–water partition coefficient (Wildman–Crippen LogP) is 4.42. The van der Waals surface area contributed by atoms with Crippen molar-refractivity contribution in [3.63, 3.8) is 0 Å². The van der Waals surface area contributed by atoms with E-state index < -0.39 is 0 Å². The van der Waals surface area contributed by atoms with Crippen LogP contribution < -0.4 is 0 Å². The third-order valence-electron chi connectivity index (χ3n) is 3.30. The van der Waals surface area contributed by atoms with Gasteiger partial charge in [0.2, 0.25) is 5.89 Å². The van der Waals surface area contributed by atoms with Crippen LogP contribution >= 0.6 is 0 Å². The minimum Gasteiger partial charge on any atom is -0.436 e. The van der Waals surface area contributed by atoms with Gasteiger partial charge >= 0.3 is 0 Å². The van der Waals surface area contributed by atoms with Crippen LogP contribution in [0.15, 0.2) is 40.8 Å². The van der Waals surface area contributed by atoms with Crippen LogP contribution in [0.2, 0.25) is 0 Å². The Balaban J connectivity index is 2.16. The van der Waals surface area contributed by atoms with E-state index in [4.69, 9.17) is 4.42 Å². The largest absolute Gasteiger partial charge is 0.436 e. The summed E-state index contributed by atoms with van der Waals surface area (Å²) in [6.45, 7) is 6.27. The molecule has 0 unspecified atom stereocenters. The molecular formula is C16H15NO. The zero-order valence-electron chi connectivity index (χ0n) is 10.8. The molecule has 0 amide bonds. The average molecular weight is 237 g/mol. The van der Waals surface area contributed by atoms with Crippen molar-refractivity contribution >= 4 is 11.1 Å². The van der Waals surface area contributed by atoms with Crippen LogP contribution in [0.1, 0.15) is 16.7 Å². The molecule has 0 radical (unpaired) electrons. The molecule has 0 aliphatic rings. The molecule has 3 rings (SSSR count). The average Bonchev–Trinajstić information content (AvgIpc) is 2.75.